The van der Waals surface area contributed by atoms with Crippen LogP contribution in [0.5, 0.6) is 0 Å². The van der Waals surface area contributed by atoms with E-state index in [0.29, 0.717) is 0 Å². The van der Waals surface area contributed by atoms with Crippen molar-refractivity contribution in [1.29, 1.82) is 0 Å². The Morgan fingerprint density at radius 1 is 0.400 bits per heavy atom. The summed E-state index contributed by atoms with van der Waals surface area (Å²) in [6.07, 6.45) is 0. The minimum atomic E-state index is -3.00. The molecule has 0 N–H and O–H groups in total. The molecule has 0 spiro atoms. The van der Waals surface area contributed by atoms with Gasteiger partial charge >= 0.3 is 214 Å². The first-order valence-electron chi connectivity index (χ1n) is 9.11. The van der Waals surface area contributed by atoms with Crippen LogP contribution < -0.4 is 21.2 Å². The average Bonchev–Trinajstić information content (AvgIpc) is 2.81. The molecule has 4 aromatic rings. The quantitative estimate of drug-likeness (QED) is 0.150. The van der Waals surface area contributed by atoms with Crippen molar-refractivity contribution in [3.05, 3.63) is 121 Å². The molecule has 6 heteroatoms. The molecule has 0 aromatic heterocycles. The third-order valence-electron chi connectivity index (χ3n) is 4.96. The van der Waals surface area contributed by atoms with Crippen LogP contribution in [0.4, 0.5) is 0 Å². The van der Waals surface area contributed by atoms with Gasteiger partial charge in [-0.2, -0.15) is 0 Å². The second-order valence-electron chi connectivity index (χ2n) is 6.50. The van der Waals surface area contributed by atoms with Gasteiger partial charge in [-0.3, -0.25) is 0 Å². The molecule has 30 heavy (non-hydrogen) atoms. The van der Waals surface area contributed by atoms with E-state index in [1.54, 1.807) is 0 Å². The van der Waals surface area contributed by atoms with E-state index in [1.165, 1.54) is 21.2 Å². The van der Waals surface area contributed by atoms with E-state index in [2.05, 4.69) is 179 Å². The van der Waals surface area contributed by atoms with Crippen LogP contribution in [-0.4, -0.2) is 0 Å². The van der Waals surface area contributed by atoms with E-state index < -0.39 is 5.31 Å². The standard InChI is InChI=1S/C24H20BrP.3BrH.Fe/c25-26(21-13-5-1-6-14-21,22-15-7-2-8-16-22,23-17-9-3-10-18-23)24-19-11-4-12-20-24;;;;/h1-20H;3*1H;/q;;;;+3/p-3. The number of benzene rings is 4. The van der Waals surface area contributed by atoms with Gasteiger partial charge in [0.15, 0.2) is 0 Å². The molecule has 4 rings (SSSR count). The molecular weight excluding hydrogens is 695 g/mol. The summed E-state index contributed by atoms with van der Waals surface area (Å²) in [5.41, 5.74) is 0. The van der Waals surface area contributed by atoms with Gasteiger partial charge in [0.1, 0.15) is 0 Å². The molecule has 0 heterocycles. The van der Waals surface area contributed by atoms with E-state index in [4.69, 9.17) is 0 Å². The Morgan fingerprint density at radius 2 is 0.567 bits per heavy atom. The summed E-state index contributed by atoms with van der Waals surface area (Å²) in [6, 6.07) is 43.4. The molecule has 4 aromatic carbocycles. The first-order chi connectivity index (χ1) is 14.5. The molecule has 0 aliphatic carbocycles. The average molecular weight is 715 g/mol. The zero-order valence-electron chi connectivity index (χ0n) is 15.9. The van der Waals surface area contributed by atoms with Crippen LogP contribution in [0.25, 0.3) is 0 Å². The molecule has 0 atom stereocenters. The van der Waals surface area contributed by atoms with E-state index in [9.17, 15) is 0 Å². The monoisotopic (exact) mass is 711 g/mol. The van der Waals surface area contributed by atoms with Crippen molar-refractivity contribution in [3.8, 4) is 0 Å². The molecule has 0 saturated heterocycles. The normalized spacial score (nSPS) is 12.7. The molecule has 0 radical (unpaired) electrons. The van der Waals surface area contributed by atoms with Gasteiger partial charge in [0, 0.05) is 0 Å². The fourth-order valence-electron chi connectivity index (χ4n) is 3.73. The number of hydrogen-bond donors (Lipinski definition) is 0. The number of hydrogen-bond acceptors (Lipinski definition) is 0. The van der Waals surface area contributed by atoms with Crippen molar-refractivity contribution < 1.29 is 8.48 Å². The predicted molar refractivity (Wildman–Crippen MR) is 147 cm³/mol. The second kappa shape index (κ2) is 11.1. The molecule has 0 aliphatic heterocycles. The third kappa shape index (κ3) is 4.89. The van der Waals surface area contributed by atoms with E-state index >= 15 is 0 Å². The Labute approximate surface area is 212 Å². The van der Waals surface area contributed by atoms with E-state index in [0.717, 1.165) is 0 Å². The number of rotatable bonds is 4. The van der Waals surface area contributed by atoms with Gasteiger partial charge in [0.25, 0.3) is 0 Å². The van der Waals surface area contributed by atoms with Gasteiger partial charge in [-0.05, 0) is 0 Å². The Morgan fingerprint density at radius 3 is 0.733 bits per heavy atom. The molecular formula is C24H20Br4FeP. The van der Waals surface area contributed by atoms with Crippen molar-refractivity contribution in [2.24, 2.45) is 0 Å². The molecule has 0 amide bonds. The third-order valence-corrected chi connectivity index (χ3v) is 15.0. The summed E-state index contributed by atoms with van der Waals surface area (Å²) < 4.78 is 0. The van der Waals surface area contributed by atoms with Crippen LogP contribution in [0.3, 0.4) is 0 Å². The molecule has 0 aliphatic rings. The molecule has 157 valence electrons. The molecule has 0 saturated carbocycles. The summed E-state index contributed by atoms with van der Waals surface area (Å²) in [7, 11) is -0.312. The second-order valence-corrected chi connectivity index (χ2v) is 31.6. The zero-order valence-corrected chi connectivity index (χ0v) is 24.2. The van der Waals surface area contributed by atoms with Crippen molar-refractivity contribution in [2.45, 2.75) is 0 Å². The molecule has 0 unspecified atom stereocenters. The summed E-state index contributed by atoms with van der Waals surface area (Å²) in [5, 5.41) is 2.23. The van der Waals surface area contributed by atoms with Crippen LogP contribution in [0.15, 0.2) is 121 Å². The van der Waals surface area contributed by atoms with E-state index in [-0.39, 0.29) is 8.48 Å². The predicted octanol–water partition coefficient (Wildman–Crippen LogP) is 7.69. The first kappa shape index (κ1) is 24.4. The fraction of sp³-hybridized carbons (Fsp3) is 0. The molecule has 0 bridgehead atoms. The van der Waals surface area contributed by atoms with Gasteiger partial charge in [-0.15, -0.1) is 0 Å². The van der Waals surface area contributed by atoms with Gasteiger partial charge in [0.2, 0.25) is 0 Å². The van der Waals surface area contributed by atoms with Gasteiger partial charge in [0.05, 0.1) is 0 Å². The Kier molecular flexibility index (Phi) is 8.99. The van der Waals surface area contributed by atoms with Crippen LogP contribution >= 0.6 is 63.1 Å². The molecule has 0 nitrogen and oxygen atoms in total. The van der Waals surface area contributed by atoms with Crippen LogP contribution in [0.2, 0.25) is 0 Å². The SMILES string of the molecule is BrP(c1ccccc1)(c1ccccc1)(c1ccccc1)c1ccccc1.[Br][Fe]([Br])[Br]. The van der Waals surface area contributed by atoms with Crippen molar-refractivity contribution >= 4 is 84.3 Å². The van der Waals surface area contributed by atoms with Crippen molar-refractivity contribution in [3.63, 3.8) is 0 Å². The Hall–Kier alpha value is -0.251. The van der Waals surface area contributed by atoms with Crippen LogP contribution in [0.1, 0.15) is 0 Å². The van der Waals surface area contributed by atoms with Gasteiger partial charge in [-0.1, -0.05) is 0 Å². The topological polar surface area (TPSA) is 0 Å². The van der Waals surface area contributed by atoms with Gasteiger partial charge in [-0.25, -0.2) is 0 Å². The van der Waals surface area contributed by atoms with Crippen molar-refractivity contribution in [2.75, 3.05) is 0 Å². The van der Waals surface area contributed by atoms with Crippen molar-refractivity contribution in [1.82, 2.24) is 0 Å². The summed E-state index contributed by atoms with van der Waals surface area (Å²) in [5.74, 6) is 0. The Bertz CT molecular complexity index is 873. The summed E-state index contributed by atoms with van der Waals surface area (Å²) in [6.45, 7) is 0. The fourth-order valence-corrected chi connectivity index (χ4v) is 11.3. The maximum atomic E-state index is 4.46. The molecule has 0 fully saturated rings. The van der Waals surface area contributed by atoms with Crippen LogP contribution in [-0.2, 0) is 8.48 Å². The first-order valence-corrected chi connectivity index (χ1v) is 21.5. The van der Waals surface area contributed by atoms with Gasteiger partial charge < -0.3 is 0 Å². The summed E-state index contributed by atoms with van der Waals surface area (Å²) in [4.78, 5) is 0. The Balaban J connectivity index is 0.000000589. The number of halogens is 4. The maximum absolute atomic E-state index is 4.46. The van der Waals surface area contributed by atoms with E-state index in [1.807, 2.05) is 0 Å². The zero-order chi connectivity index (χ0) is 21.5. The minimum absolute atomic E-state index is 0.312. The summed E-state index contributed by atoms with van der Waals surface area (Å²) >= 11 is 14.0. The van der Waals surface area contributed by atoms with Crippen LogP contribution in [0, 0.1) is 0 Å².